The van der Waals surface area contributed by atoms with Crippen LogP contribution in [0.4, 0.5) is 0 Å². The quantitative estimate of drug-likeness (QED) is 0.814. The molecular weight excluding hydrogens is 272 g/mol. The van der Waals surface area contributed by atoms with E-state index in [2.05, 4.69) is 5.32 Å². The third-order valence-corrected chi connectivity index (χ3v) is 4.13. The summed E-state index contributed by atoms with van der Waals surface area (Å²) in [6.45, 7) is 2.18. The van der Waals surface area contributed by atoms with E-state index in [-0.39, 0.29) is 18.4 Å². The molecule has 0 spiro atoms. The second-order valence-corrected chi connectivity index (χ2v) is 6.24. The van der Waals surface area contributed by atoms with E-state index in [9.17, 15) is 9.59 Å². The van der Waals surface area contributed by atoms with Gasteiger partial charge in [0.2, 0.25) is 11.8 Å². The van der Waals surface area contributed by atoms with Crippen LogP contribution in [0.2, 0.25) is 0 Å². The second kappa shape index (κ2) is 6.79. The molecule has 0 radical (unpaired) electrons. The van der Waals surface area contributed by atoms with Gasteiger partial charge >= 0.3 is 0 Å². The van der Waals surface area contributed by atoms with Crippen molar-refractivity contribution in [2.24, 2.45) is 0 Å². The molecule has 1 aromatic carbocycles. The third-order valence-electron chi connectivity index (χ3n) is 3.13. The first-order valence-electron chi connectivity index (χ1n) is 6.77. The molecule has 108 valence electrons. The number of aryl methyl sites for hydroxylation is 1. The maximum absolute atomic E-state index is 11.9. The van der Waals surface area contributed by atoms with Crippen LogP contribution >= 0.6 is 11.8 Å². The molecule has 1 aromatic rings. The van der Waals surface area contributed by atoms with Crippen molar-refractivity contribution in [2.45, 2.75) is 30.7 Å². The van der Waals surface area contributed by atoms with Crippen LogP contribution in [0.15, 0.2) is 29.2 Å². The summed E-state index contributed by atoms with van der Waals surface area (Å²) in [5.74, 6) is 0.265. The van der Waals surface area contributed by atoms with Gasteiger partial charge in [-0.2, -0.15) is 0 Å². The predicted molar refractivity (Wildman–Crippen MR) is 80.7 cm³/mol. The molecule has 0 atom stereocenters. The summed E-state index contributed by atoms with van der Waals surface area (Å²) in [5, 5.41) is 2.88. The van der Waals surface area contributed by atoms with Crippen LogP contribution in [0.1, 0.15) is 18.4 Å². The number of carbonyl (C=O) groups excluding carboxylic acids is 2. The van der Waals surface area contributed by atoms with Gasteiger partial charge in [-0.15, -0.1) is 11.8 Å². The molecule has 0 bridgehead atoms. The Labute approximate surface area is 123 Å². The number of thioether (sulfide) groups is 1. The Morgan fingerprint density at radius 3 is 2.55 bits per heavy atom. The zero-order valence-electron chi connectivity index (χ0n) is 11.9. The molecule has 20 heavy (non-hydrogen) atoms. The average Bonchev–Trinajstić information content (AvgIpc) is 3.21. The smallest absolute Gasteiger partial charge is 0.239 e. The Bertz CT molecular complexity index is 483. The zero-order chi connectivity index (χ0) is 14.5. The molecule has 5 heteroatoms. The highest BCUT2D eigenvalue weighted by atomic mass is 32.2. The lowest BCUT2D eigenvalue weighted by atomic mass is 10.2. The summed E-state index contributed by atoms with van der Waals surface area (Å²) in [7, 11) is 1.67. The lowest BCUT2D eigenvalue weighted by Gasteiger charge is -2.16. The van der Waals surface area contributed by atoms with E-state index in [0.717, 1.165) is 17.7 Å². The van der Waals surface area contributed by atoms with Crippen molar-refractivity contribution in [3.8, 4) is 0 Å². The summed E-state index contributed by atoms with van der Waals surface area (Å²) in [4.78, 5) is 26.1. The van der Waals surface area contributed by atoms with Gasteiger partial charge in [0.15, 0.2) is 0 Å². The normalized spacial score (nSPS) is 13.9. The minimum atomic E-state index is -0.0660. The van der Waals surface area contributed by atoms with Crippen LogP contribution in [-0.4, -0.2) is 42.1 Å². The summed E-state index contributed by atoms with van der Waals surface area (Å²) in [5.41, 5.74) is 1.20. The van der Waals surface area contributed by atoms with E-state index in [4.69, 9.17) is 0 Å². The molecule has 2 amide bonds. The van der Waals surface area contributed by atoms with Gasteiger partial charge < -0.3 is 10.2 Å². The Kier molecular flexibility index (Phi) is 5.06. The topological polar surface area (TPSA) is 49.4 Å². The monoisotopic (exact) mass is 292 g/mol. The minimum Gasteiger partial charge on any atom is -0.352 e. The molecule has 0 aromatic heterocycles. The van der Waals surface area contributed by atoms with E-state index in [1.165, 1.54) is 22.2 Å². The lowest BCUT2D eigenvalue weighted by Crippen LogP contribution is -2.39. The number of carbonyl (C=O) groups is 2. The summed E-state index contributed by atoms with van der Waals surface area (Å²) < 4.78 is 0. The fourth-order valence-corrected chi connectivity index (χ4v) is 2.53. The molecule has 0 heterocycles. The van der Waals surface area contributed by atoms with Crippen molar-refractivity contribution < 1.29 is 9.59 Å². The molecule has 0 unspecified atom stereocenters. The number of hydrogen-bond acceptors (Lipinski definition) is 3. The number of nitrogens with zero attached hydrogens (tertiary/aromatic N) is 1. The molecule has 1 aliphatic carbocycles. The molecule has 0 aliphatic heterocycles. The van der Waals surface area contributed by atoms with Crippen molar-refractivity contribution >= 4 is 23.6 Å². The molecule has 1 fully saturated rings. The number of rotatable bonds is 6. The number of amides is 2. The highest BCUT2D eigenvalue weighted by Crippen LogP contribution is 2.19. The number of nitrogens with one attached hydrogen (secondary N) is 1. The zero-order valence-corrected chi connectivity index (χ0v) is 12.7. The minimum absolute atomic E-state index is 0.0264. The summed E-state index contributed by atoms with van der Waals surface area (Å²) in [6.07, 6.45) is 2.12. The van der Waals surface area contributed by atoms with E-state index in [1.54, 1.807) is 7.05 Å². The van der Waals surface area contributed by atoms with Crippen molar-refractivity contribution in [1.29, 1.82) is 0 Å². The van der Waals surface area contributed by atoms with Crippen molar-refractivity contribution in [2.75, 3.05) is 19.3 Å². The molecule has 1 N–H and O–H groups in total. The maximum Gasteiger partial charge on any atom is 0.239 e. The fraction of sp³-hybridized carbons (Fsp3) is 0.467. The third kappa shape index (κ3) is 4.89. The summed E-state index contributed by atoms with van der Waals surface area (Å²) >= 11 is 1.50. The van der Waals surface area contributed by atoms with E-state index in [0.29, 0.717) is 11.8 Å². The number of likely N-dealkylation sites (N-methyl/N-ethyl adjacent to an activating group) is 1. The molecule has 0 saturated heterocycles. The Morgan fingerprint density at radius 1 is 1.30 bits per heavy atom. The Morgan fingerprint density at radius 2 is 1.95 bits per heavy atom. The Balaban J connectivity index is 1.72. The largest absolute Gasteiger partial charge is 0.352 e. The van der Waals surface area contributed by atoms with Gasteiger partial charge in [0.25, 0.3) is 0 Å². The Hall–Kier alpha value is -1.49. The highest BCUT2D eigenvalue weighted by Gasteiger charge is 2.24. The van der Waals surface area contributed by atoms with Crippen molar-refractivity contribution in [3.63, 3.8) is 0 Å². The summed E-state index contributed by atoms with van der Waals surface area (Å²) in [6, 6.07) is 8.41. The fourth-order valence-electron chi connectivity index (χ4n) is 1.69. The average molecular weight is 292 g/mol. The van der Waals surface area contributed by atoms with Gasteiger partial charge in [0, 0.05) is 18.0 Å². The van der Waals surface area contributed by atoms with Crippen molar-refractivity contribution in [1.82, 2.24) is 10.2 Å². The van der Waals surface area contributed by atoms with Gasteiger partial charge in [0.05, 0.1) is 12.3 Å². The first-order valence-corrected chi connectivity index (χ1v) is 7.76. The highest BCUT2D eigenvalue weighted by molar-refractivity contribution is 8.00. The van der Waals surface area contributed by atoms with Crippen LogP contribution in [-0.2, 0) is 9.59 Å². The van der Waals surface area contributed by atoms with Crippen LogP contribution in [0.3, 0.4) is 0 Å². The van der Waals surface area contributed by atoms with Gasteiger partial charge in [-0.3, -0.25) is 9.59 Å². The van der Waals surface area contributed by atoms with Crippen LogP contribution < -0.4 is 5.32 Å². The van der Waals surface area contributed by atoms with E-state index >= 15 is 0 Å². The number of hydrogen-bond donors (Lipinski definition) is 1. The molecule has 1 saturated carbocycles. The van der Waals surface area contributed by atoms with E-state index in [1.807, 2.05) is 31.2 Å². The number of benzene rings is 1. The van der Waals surface area contributed by atoms with Gasteiger partial charge in [0.1, 0.15) is 0 Å². The lowest BCUT2D eigenvalue weighted by molar-refractivity contribution is -0.132. The van der Waals surface area contributed by atoms with Crippen LogP contribution in [0, 0.1) is 6.92 Å². The van der Waals surface area contributed by atoms with Crippen molar-refractivity contribution in [3.05, 3.63) is 29.8 Å². The molecular formula is C15H20N2O2S. The maximum atomic E-state index is 11.9. The van der Waals surface area contributed by atoms with Gasteiger partial charge in [-0.05, 0) is 31.9 Å². The first kappa shape index (κ1) is 14.9. The second-order valence-electron chi connectivity index (χ2n) is 5.19. The molecule has 1 aliphatic rings. The van der Waals surface area contributed by atoms with Gasteiger partial charge in [-0.1, -0.05) is 17.7 Å². The standard InChI is InChI=1S/C15H20N2O2S/c1-11-3-7-13(8-4-11)20-10-15(19)17(2)9-14(18)16-12-5-6-12/h3-4,7-8,12H,5-6,9-10H2,1-2H3,(H,16,18). The van der Waals surface area contributed by atoms with Gasteiger partial charge in [-0.25, -0.2) is 0 Å². The molecule has 4 nitrogen and oxygen atoms in total. The first-order chi connectivity index (χ1) is 9.54. The van der Waals surface area contributed by atoms with Crippen LogP contribution in [0.5, 0.6) is 0 Å². The predicted octanol–water partition coefficient (Wildman–Crippen LogP) is 1.82. The van der Waals surface area contributed by atoms with Crippen LogP contribution in [0.25, 0.3) is 0 Å². The SMILES string of the molecule is Cc1ccc(SCC(=O)N(C)CC(=O)NC2CC2)cc1. The molecule has 2 rings (SSSR count). The van der Waals surface area contributed by atoms with E-state index < -0.39 is 0 Å².